The molecule has 0 fully saturated rings. The molecule has 0 bridgehead atoms. The van der Waals surface area contributed by atoms with Gasteiger partial charge in [-0.15, -0.1) is 0 Å². The highest BCUT2D eigenvalue weighted by atomic mass is 16.1. The van der Waals surface area contributed by atoms with Crippen LogP contribution in [0.25, 0.3) is 17.2 Å². The van der Waals surface area contributed by atoms with Crippen LogP contribution >= 0.6 is 0 Å². The number of fused-ring (bicyclic) bond motifs is 3. The van der Waals surface area contributed by atoms with E-state index in [1.807, 2.05) is 30.3 Å². The fourth-order valence-electron chi connectivity index (χ4n) is 2.79. The van der Waals surface area contributed by atoms with Crippen molar-refractivity contribution in [2.24, 2.45) is 0 Å². The minimum atomic E-state index is 0.771. The molecule has 0 radical (unpaired) electrons. The quantitative estimate of drug-likeness (QED) is 0.369. The molecule has 0 aliphatic heterocycles. The molecule has 0 heterocycles. The Morgan fingerprint density at radius 1 is 0.652 bits per heavy atom. The molecule has 1 nitrogen and oxygen atoms in total. The Balaban J connectivity index is 0.000000142. The maximum Gasteiger partial charge on any atom is 0.142 e. The topological polar surface area (TPSA) is 17.1 Å². The smallest absolute Gasteiger partial charge is 0.142 e. The molecule has 3 aromatic rings. The first-order chi connectivity index (χ1) is 11.4. The summed E-state index contributed by atoms with van der Waals surface area (Å²) >= 11 is 0. The van der Waals surface area contributed by atoms with E-state index in [0.29, 0.717) is 0 Å². The maximum absolute atomic E-state index is 9.89. The molecule has 23 heavy (non-hydrogen) atoms. The van der Waals surface area contributed by atoms with Gasteiger partial charge in [0, 0.05) is 0 Å². The third-order valence-electron chi connectivity index (χ3n) is 3.87. The summed E-state index contributed by atoms with van der Waals surface area (Å²) in [6.07, 6.45) is 5.13. The van der Waals surface area contributed by atoms with Gasteiger partial charge in [0.15, 0.2) is 0 Å². The standard InChI is InChI=1S/C13H10.C9H8O/c1-3-7-12-10(5-1)9-11-6-2-4-8-13(11)12;10-8-4-7-9-5-2-1-3-6-9/h1-8H,9H2;1-8H/b;7-4-. The van der Waals surface area contributed by atoms with Crippen LogP contribution < -0.4 is 0 Å². The first-order valence-electron chi connectivity index (χ1n) is 7.71. The van der Waals surface area contributed by atoms with Crippen LogP contribution in [0.2, 0.25) is 0 Å². The maximum atomic E-state index is 9.89. The predicted molar refractivity (Wildman–Crippen MR) is 96.2 cm³/mol. The minimum Gasteiger partial charge on any atom is -0.299 e. The zero-order valence-electron chi connectivity index (χ0n) is 12.9. The fourth-order valence-corrected chi connectivity index (χ4v) is 2.79. The number of benzene rings is 3. The molecule has 112 valence electrons. The van der Waals surface area contributed by atoms with Crippen molar-refractivity contribution in [1.29, 1.82) is 0 Å². The molecule has 0 saturated heterocycles. The number of rotatable bonds is 2. The van der Waals surface area contributed by atoms with Gasteiger partial charge < -0.3 is 0 Å². The summed E-state index contributed by atoms with van der Waals surface area (Å²) in [4.78, 5) is 9.89. The van der Waals surface area contributed by atoms with Gasteiger partial charge in [-0.25, -0.2) is 0 Å². The minimum absolute atomic E-state index is 0.771. The van der Waals surface area contributed by atoms with Crippen LogP contribution in [0.5, 0.6) is 0 Å². The summed E-state index contributed by atoms with van der Waals surface area (Å²) in [5.41, 5.74) is 6.80. The van der Waals surface area contributed by atoms with E-state index >= 15 is 0 Å². The lowest BCUT2D eigenvalue weighted by Crippen LogP contribution is -1.77. The van der Waals surface area contributed by atoms with Gasteiger partial charge in [0.25, 0.3) is 0 Å². The van der Waals surface area contributed by atoms with E-state index in [4.69, 9.17) is 0 Å². The molecule has 4 rings (SSSR count). The summed E-state index contributed by atoms with van der Waals surface area (Å²) in [6, 6.07) is 27.0. The van der Waals surface area contributed by atoms with E-state index in [-0.39, 0.29) is 0 Å². The lowest BCUT2D eigenvalue weighted by molar-refractivity contribution is -0.104. The molecule has 0 spiro atoms. The van der Waals surface area contributed by atoms with Gasteiger partial charge in [0.05, 0.1) is 0 Å². The van der Waals surface area contributed by atoms with Crippen LogP contribution in [0.15, 0.2) is 84.9 Å². The van der Waals surface area contributed by atoms with E-state index in [9.17, 15) is 4.79 Å². The van der Waals surface area contributed by atoms with Gasteiger partial charge in [-0.3, -0.25) is 4.79 Å². The predicted octanol–water partition coefficient (Wildman–Crippen LogP) is 5.16. The second-order valence-electron chi connectivity index (χ2n) is 5.40. The summed E-state index contributed by atoms with van der Waals surface area (Å²) in [7, 11) is 0. The lowest BCUT2D eigenvalue weighted by atomic mass is 10.1. The Bertz CT molecular complexity index is 773. The van der Waals surface area contributed by atoms with E-state index in [0.717, 1.165) is 18.3 Å². The molecule has 0 N–H and O–H groups in total. The molecule has 0 amide bonds. The van der Waals surface area contributed by atoms with Crippen LogP contribution in [0.3, 0.4) is 0 Å². The molecule has 0 atom stereocenters. The van der Waals surface area contributed by atoms with E-state index in [2.05, 4.69) is 48.5 Å². The summed E-state index contributed by atoms with van der Waals surface area (Å²) in [5.74, 6) is 0. The van der Waals surface area contributed by atoms with Crippen molar-refractivity contribution < 1.29 is 4.79 Å². The van der Waals surface area contributed by atoms with Gasteiger partial charge in [0.2, 0.25) is 0 Å². The van der Waals surface area contributed by atoms with Crippen molar-refractivity contribution in [3.63, 3.8) is 0 Å². The number of carbonyl (C=O) groups excluding carboxylic acids is 1. The Morgan fingerprint density at radius 2 is 1.17 bits per heavy atom. The molecular weight excluding hydrogens is 280 g/mol. The summed E-state index contributed by atoms with van der Waals surface area (Å²) in [6.45, 7) is 0. The van der Waals surface area contributed by atoms with Crippen LogP contribution in [-0.4, -0.2) is 6.29 Å². The highest BCUT2D eigenvalue weighted by Gasteiger charge is 2.15. The fraction of sp³-hybridized carbons (Fsp3) is 0.0455. The van der Waals surface area contributed by atoms with Gasteiger partial charge in [-0.05, 0) is 40.3 Å². The molecule has 1 aliphatic rings. The highest BCUT2D eigenvalue weighted by molar-refractivity contribution is 5.76. The summed E-state index contributed by atoms with van der Waals surface area (Å²) in [5, 5.41) is 0. The molecule has 1 heteroatoms. The Labute approximate surface area is 136 Å². The third kappa shape index (κ3) is 3.64. The number of carbonyl (C=O) groups is 1. The molecule has 0 unspecified atom stereocenters. The lowest BCUT2D eigenvalue weighted by Gasteiger charge is -1.98. The highest BCUT2D eigenvalue weighted by Crippen LogP contribution is 2.35. The number of hydrogen-bond acceptors (Lipinski definition) is 1. The largest absolute Gasteiger partial charge is 0.299 e. The zero-order valence-corrected chi connectivity index (χ0v) is 12.9. The van der Waals surface area contributed by atoms with Gasteiger partial charge in [-0.1, -0.05) is 84.9 Å². The van der Waals surface area contributed by atoms with Crippen LogP contribution in [-0.2, 0) is 11.2 Å². The van der Waals surface area contributed by atoms with Crippen molar-refractivity contribution in [3.8, 4) is 11.1 Å². The van der Waals surface area contributed by atoms with Crippen molar-refractivity contribution >= 4 is 12.4 Å². The first-order valence-corrected chi connectivity index (χ1v) is 7.71. The third-order valence-corrected chi connectivity index (χ3v) is 3.87. The Kier molecular flexibility index (Phi) is 4.80. The molecular formula is C22H18O. The van der Waals surface area contributed by atoms with Crippen molar-refractivity contribution in [1.82, 2.24) is 0 Å². The molecule has 0 aromatic heterocycles. The molecule has 1 aliphatic carbocycles. The van der Waals surface area contributed by atoms with E-state index < -0.39 is 0 Å². The SMILES string of the molecule is O=C/C=C\c1ccccc1.c1ccc2c(c1)Cc1ccccc1-2. The number of hydrogen-bond donors (Lipinski definition) is 0. The second-order valence-corrected chi connectivity index (χ2v) is 5.40. The van der Waals surface area contributed by atoms with Crippen LogP contribution in [0.4, 0.5) is 0 Å². The van der Waals surface area contributed by atoms with Crippen LogP contribution in [0, 0.1) is 0 Å². The monoisotopic (exact) mass is 298 g/mol. The van der Waals surface area contributed by atoms with E-state index in [1.165, 1.54) is 28.3 Å². The second kappa shape index (κ2) is 7.37. The normalized spacial score (nSPS) is 11.3. The number of allylic oxidation sites excluding steroid dienone is 1. The van der Waals surface area contributed by atoms with Crippen LogP contribution in [0.1, 0.15) is 16.7 Å². The van der Waals surface area contributed by atoms with Gasteiger partial charge in [0.1, 0.15) is 6.29 Å². The zero-order chi connectivity index (χ0) is 15.9. The van der Waals surface area contributed by atoms with Crippen molar-refractivity contribution in [2.75, 3.05) is 0 Å². The van der Waals surface area contributed by atoms with Gasteiger partial charge in [-0.2, -0.15) is 0 Å². The molecule has 3 aromatic carbocycles. The van der Waals surface area contributed by atoms with Gasteiger partial charge >= 0.3 is 0 Å². The van der Waals surface area contributed by atoms with Crippen molar-refractivity contribution in [3.05, 3.63) is 102 Å². The van der Waals surface area contributed by atoms with Crippen molar-refractivity contribution in [2.45, 2.75) is 6.42 Å². The Morgan fingerprint density at radius 3 is 1.74 bits per heavy atom. The molecule has 0 saturated carbocycles. The first kappa shape index (κ1) is 15.0. The Hall–Kier alpha value is -2.93. The van der Waals surface area contributed by atoms with E-state index in [1.54, 1.807) is 6.08 Å². The average molecular weight is 298 g/mol. The summed E-state index contributed by atoms with van der Waals surface area (Å²) < 4.78 is 0. The number of aldehydes is 1. The average Bonchev–Trinajstić information content (AvgIpc) is 3.00.